The van der Waals surface area contributed by atoms with Crippen molar-refractivity contribution in [3.05, 3.63) is 89.7 Å². The predicted molar refractivity (Wildman–Crippen MR) is 97.3 cm³/mol. The van der Waals surface area contributed by atoms with Crippen molar-refractivity contribution in [2.24, 2.45) is 5.73 Å². The molecular weight excluding hydrogens is 314 g/mol. The summed E-state index contributed by atoms with van der Waals surface area (Å²) in [4.78, 5) is 15.8. The molecule has 0 saturated heterocycles. The van der Waals surface area contributed by atoms with E-state index in [-0.39, 0.29) is 0 Å². The van der Waals surface area contributed by atoms with Gasteiger partial charge in [-0.1, -0.05) is 36.4 Å². The molecule has 3 N–H and O–H groups in total. The van der Waals surface area contributed by atoms with Crippen LogP contribution in [0.2, 0.25) is 0 Å². The van der Waals surface area contributed by atoms with E-state index in [9.17, 15) is 4.79 Å². The van der Waals surface area contributed by atoms with Gasteiger partial charge in [0.25, 0.3) is 5.91 Å². The lowest BCUT2D eigenvalue weighted by atomic mass is 10.1. The Morgan fingerprint density at radius 1 is 0.960 bits per heavy atom. The van der Waals surface area contributed by atoms with E-state index in [0.717, 1.165) is 11.1 Å². The first-order valence-corrected chi connectivity index (χ1v) is 7.96. The molecule has 0 radical (unpaired) electrons. The SMILES string of the molecule is NC(=O)c1cccc(OCc2ccccc2)c1NCc1ccncc1. The number of ether oxygens (including phenoxy) is 1. The van der Waals surface area contributed by atoms with E-state index < -0.39 is 5.91 Å². The Labute approximate surface area is 146 Å². The lowest BCUT2D eigenvalue weighted by Crippen LogP contribution is -2.15. The molecule has 1 heterocycles. The summed E-state index contributed by atoms with van der Waals surface area (Å²) in [6.07, 6.45) is 3.45. The fourth-order valence-electron chi connectivity index (χ4n) is 2.47. The van der Waals surface area contributed by atoms with Gasteiger partial charge in [0, 0.05) is 18.9 Å². The van der Waals surface area contributed by atoms with Crippen LogP contribution in [-0.2, 0) is 13.2 Å². The Kier molecular flexibility index (Phi) is 5.26. The monoisotopic (exact) mass is 333 g/mol. The van der Waals surface area contributed by atoms with Gasteiger partial charge in [0.15, 0.2) is 0 Å². The summed E-state index contributed by atoms with van der Waals surface area (Å²) in [5.41, 5.74) is 8.61. The highest BCUT2D eigenvalue weighted by Crippen LogP contribution is 2.29. The number of rotatable bonds is 7. The molecule has 5 nitrogen and oxygen atoms in total. The van der Waals surface area contributed by atoms with Crippen molar-refractivity contribution in [3.8, 4) is 5.75 Å². The molecule has 3 aromatic rings. The van der Waals surface area contributed by atoms with E-state index in [1.807, 2.05) is 48.5 Å². The number of hydrogen-bond donors (Lipinski definition) is 2. The number of amides is 1. The van der Waals surface area contributed by atoms with Gasteiger partial charge in [-0.3, -0.25) is 9.78 Å². The van der Waals surface area contributed by atoms with E-state index in [2.05, 4.69) is 10.3 Å². The van der Waals surface area contributed by atoms with Gasteiger partial charge in [0.1, 0.15) is 12.4 Å². The molecule has 2 aromatic carbocycles. The van der Waals surface area contributed by atoms with Gasteiger partial charge in [-0.05, 0) is 35.4 Å². The molecule has 0 aliphatic carbocycles. The van der Waals surface area contributed by atoms with E-state index >= 15 is 0 Å². The molecule has 0 bridgehead atoms. The molecule has 0 aliphatic rings. The second-order valence-corrected chi connectivity index (χ2v) is 5.53. The maximum Gasteiger partial charge on any atom is 0.250 e. The third-order valence-electron chi connectivity index (χ3n) is 3.75. The van der Waals surface area contributed by atoms with Crippen LogP contribution >= 0.6 is 0 Å². The van der Waals surface area contributed by atoms with Gasteiger partial charge < -0.3 is 15.8 Å². The molecule has 0 aliphatic heterocycles. The van der Waals surface area contributed by atoms with Crippen molar-refractivity contribution < 1.29 is 9.53 Å². The van der Waals surface area contributed by atoms with Gasteiger partial charge in [0.05, 0.1) is 11.3 Å². The van der Waals surface area contributed by atoms with Crippen LogP contribution in [0.3, 0.4) is 0 Å². The Morgan fingerprint density at radius 2 is 1.72 bits per heavy atom. The number of carbonyl (C=O) groups excluding carboxylic acids is 1. The van der Waals surface area contributed by atoms with Gasteiger partial charge in [-0.25, -0.2) is 0 Å². The summed E-state index contributed by atoms with van der Waals surface area (Å²) in [6.45, 7) is 0.946. The van der Waals surface area contributed by atoms with Crippen molar-refractivity contribution >= 4 is 11.6 Å². The van der Waals surface area contributed by atoms with Crippen LogP contribution in [0.5, 0.6) is 5.75 Å². The standard InChI is InChI=1S/C20H19N3O2/c21-20(24)17-7-4-8-18(25-14-16-5-2-1-3-6-16)19(17)23-13-15-9-11-22-12-10-15/h1-12,23H,13-14H2,(H2,21,24). The lowest BCUT2D eigenvalue weighted by Gasteiger charge is -2.16. The summed E-state index contributed by atoms with van der Waals surface area (Å²) >= 11 is 0. The Hall–Kier alpha value is -3.34. The number of anilines is 1. The fraction of sp³-hybridized carbons (Fsp3) is 0.100. The molecule has 25 heavy (non-hydrogen) atoms. The number of para-hydroxylation sites is 1. The first-order chi connectivity index (χ1) is 12.2. The number of hydrogen-bond acceptors (Lipinski definition) is 4. The van der Waals surface area contributed by atoms with Crippen LogP contribution in [0.25, 0.3) is 0 Å². The van der Waals surface area contributed by atoms with E-state index in [0.29, 0.717) is 30.2 Å². The van der Waals surface area contributed by atoms with Crippen LogP contribution < -0.4 is 15.8 Å². The van der Waals surface area contributed by atoms with E-state index in [1.54, 1.807) is 24.5 Å². The second kappa shape index (κ2) is 7.97. The molecule has 126 valence electrons. The molecule has 0 spiro atoms. The average Bonchev–Trinajstić information content (AvgIpc) is 2.66. The zero-order valence-corrected chi connectivity index (χ0v) is 13.7. The minimum Gasteiger partial charge on any atom is -0.487 e. The van der Waals surface area contributed by atoms with Crippen LogP contribution in [0.4, 0.5) is 5.69 Å². The molecule has 0 unspecified atom stereocenters. The smallest absolute Gasteiger partial charge is 0.250 e. The highest BCUT2D eigenvalue weighted by molar-refractivity contribution is 5.99. The Morgan fingerprint density at radius 3 is 2.44 bits per heavy atom. The highest BCUT2D eigenvalue weighted by atomic mass is 16.5. The van der Waals surface area contributed by atoms with Crippen molar-refractivity contribution in [1.29, 1.82) is 0 Å². The van der Waals surface area contributed by atoms with Crippen molar-refractivity contribution in [3.63, 3.8) is 0 Å². The molecular formula is C20H19N3O2. The fourth-order valence-corrected chi connectivity index (χ4v) is 2.47. The quantitative estimate of drug-likeness (QED) is 0.695. The molecule has 0 saturated carbocycles. The van der Waals surface area contributed by atoms with Gasteiger partial charge >= 0.3 is 0 Å². The van der Waals surface area contributed by atoms with E-state index in [4.69, 9.17) is 10.5 Å². The summed E-state index contributed by atoms with van der Waals surface area (Å²) in [6, 6.07) is 18.9. The Balaban J connectivity index is 1.81. The number of carbonyl (C=O) groups is 1. The number of nitrogens with zero attached hydrogens (tertiary/aromatic N) is 1. The third-order valence-corrected chi connectivity index (χ3v) is 3.75. The normalized spacial score (nSPS) is 10.2. The number of aromatic nitrogens is 1. The molecule has 0 fully saturated rings. The molecule has 3 rings (SSSR count). The Bertz CT molecular complexity index is 836. The van der Waals surface area contributed by atoms with Crippen molar-refractivity contribution in [2.45, 2.75) is 13.2 Å². The topological polar surface area (TPSA) is 77.2 Å². The minimum atomic E-state index is -0.498. The maximum absolute atomic E-state index is 11.8. The van der Waals surface area contributed by atoms with Crippen LogP contribution in [0.15, 0.2) is 73.1 Å². The second-order valence-electron chi connectivity index (χ2n) is 5.53. The first-order valence-electron chi connectivity index (χ1n) is 7.96. The molecule has 1 amide bonds. The summed E-state index contributed by atoms with van der Waals surface area (Å²) in [7, 11) is 0. The summed E-state index contributed by atoms with van der Waals surface area (Å²) in [5.74, 6) is 0.0941. The minimum absolute atomic E-state index is 0.402. The molecule has 5 heteroatoms. The lowest BCUT2D eigenvalue weighted by molar-refractivity contribution is 0.100. The zero-order chi connectivity index (χ0) is 17.5. The number of benzene rings is 2. The maximum atomic E-state index is 11.8. The van der Waals surface area contributed by atoms with E-state index in [1.165, 1.54) is 0 Å². The summed E-state index contributed by atoms with van der Waals surface area (Å²) in [5, 5.41) is 3.26. The third kappa shape index (κ3) is 4.35. The average molecular weight is 333 g/mol. The van der Waals surface area contributed by atoms with Gasteiger partial charge in [0.2, 0.25) is 0 Å². The largest absolute Gasteiger partial charge is 0.487 e. The molecule has 1 aromatic heterocycles. The zero-order valence-electron chi connectivity index (χ0n) is 13.7. The van der Waals surface area contributed by atoms with Gasteiger partial charge in [-0.2, -0.15) is 0 Å². The van der Waals surface area contributed by atoms with Crippen molar-refractivity contribution in [1.82, 2.24) is 4.98 Å². The van der Waals surface area contributed by atoms with Gasteiger partial charge in [-0.15, -0.1) is 0 Å². The van der Waals surface area contributed by atoms with Crippen LogP contribution in [-0.4, -0.2) is 10.9 Å². The number of primary amides is 1. The van der Waals surface area contributed by atoms with Crippen LogP contribution in [0.1, 0.15) is 21.5 Å². The number of pyridine rings is 1. The molecule has 0 atom stereocenters. The number of nitrogens with one attached hydrogen (secondary N) is 1. The predicted octanol–water partition coefficient (Wildman–Crippen LogP) is 3.37. The highest BCUT2D eigenvalue weighted by Gasteiger charge is 2.13. The van der Waals surface area contributed by atoms with Crippen molar-refractivity contribution in [2.75, 3.05) is 5.32 Å². The summed E-state index contributed by atoms with van der Waals surface area (Å²) < 4.78 is 5.92. The number of nitrogens with two attached hydrogens (primary N) is 1. The van der Waals surface area contributed by atoms with Crippen LogP contribution in [0, 0.1) is 0 Å². The first kappa shape index (κ1) is 16.5.